The summed E-state index contributed by atoms with van der Waals surface area (Å²) in [4.78, 5) is 11.3. The largest absolute Gasteiger partial charge is 0.508 e. The normalized spacial score (nSPS) is 12.4. The van der Waals surface area contributed by atoms with Crippen molar-refractivity contribution in [1.82, 2.24) is 0 Å². The fraction of sp³-hybridized carbons (Fsp3) is 0.500. The van der Waals surface area contributed by atoms with Gasteiger partial charge in [0, 0.05) is 12.8 Å². The molecule has 1 unspecified atom stereocenters. The average Bonchev–Trinajstić information content (AvgIpc) is 2.31. The quantitative estimate of drug-likeness (QED) is 0.794. The van der Waals surface area contributed by atoms with Crippen LogP contribution in [0, 0.1) is 0 Å². The fourth-order valence-corrected chi connectivity index (χ4v) is 1.86. The predicted molar refractivity (Wildman–Crippen MR) is 65.7 cm³/mol. The van der Waals surface area contributed by atoms with Crippen molar-refractivity contribution < 1.29 is 9.90 Å². The molecule has 0 radical (unpaired) electrons. The molecule has 0 spiro atoms. The second kappa shape index (κ2) is 6.31. The Balaban J connectivity index is 2.60. The number of carbonyl (C=O) groups is 1. The maximum Gasteiger partial charge on any atom is 0.132 e. The average molecular weight is 220 g/mol. The highest BCUT2D eigenvalue weighted by atomic mass is 16.3. The molecule has 0 heterocycles. The molecule has 16 heavy (non-hydrogen) atoms. The Morgan fingerprint density at radius 1 is 1.25 bits per heavy atom. The minimum Gasteiger partial charge on any atom is -0.508 e. The lowest BCUT2D eigenvalue weighted by Crippen LogP contribution is -2.02. The highest BCUT2D eigenvalue weighted by Gasteiger charge is 2.10. The van der Waals surface area contributed by atoms with Gasteiger partial charge in [-0.05, 0) is 36.5 Å². The number of carbonyl (C=O) groups excluding carboxylic acids is 1. The third kappa shape index (κ3) is 3.69. The molecule has 2 nitrogen and oxygen atoms in total. The van der Waals surface area contributed by atoms with Gasteiger partial charge in [0.2, 0.25) is 0 Å². The van der Waals surface area contributed by atoms with E-state index in [0.29, 0.717) is 30.3 Å². The molecular weight excluding hydrogens is 200 g/mol. The van der Waals surface area contributed by atoms with Crippen LogP contribution in [0.5, 0.6) is 5.75 Å². The molecule has 0 amide bonds. The van der Waals surface area contributed by atoms with E-state index in [0.717, 1.165) is 12.8 Å². The van der Waals surface area contributed by atoms with E-state index >= 15 is 0 Å². The summed E-state index contributed by atoms with van der Waals surface area (Å²) in [5.74, 6) is 1.05. The molecule has 0 saturated heterocycles. The van der Waals surface area contributed by atoms with Gasteiger partial charge in [0.25, 0.3) is 0 Å². The third-order valence-electron chi connectivity index (χ3n) is 3.02. The van der Waals surface area contributed by atoms with Gasteiger partial charge in [-0.1, -0.05) is 26.0 Å². The highest BCUT2D eigenvalue weighted by Crippen LogP contribution is 2.26. The molecule has 0 bridgehead atoms. The van der Waals surface area contributed by atoms with Crippen molar-refractivity contribution >= 4 is 5.78 Å². The number of hydrogen-bond donors (Lipinski definition) is 1. The number of aromatic hydroxyl groups is 1. The Kier molecular flexibility index (Phi) is 5.03. The van der Waals surface area contributed by atoms with Gasteiger partial charge in [0.1, 0.15) is 11.5 Å². The van der Waals surface area contributed by atoms with Crippen LogP contribution in [0.15, 0.2) is 24.3 Å². The van der Waals surface area contributed by atoms with Crippen molar-refractivity contribution in [1.29, 1.82) is 0 Å². The Hall–Kier alpha value is -1.31. The van der Waals surface area contributed by atoms with Gasteiger partial charge in [0.05, 0.1) is 0 Å². The summed E-state index contributed by atoms with van der Waals surface area (Å²) in [6.07, 6.45) is 3.23. The first-order valence-corrected chi connectivity index (χ1v) is 5.98. The number of phenols is 1. The van der Waals surface area contributed by atoms with Crippen molar-refractivity contribution in [2.24, 2.45) is 0 Å². The van der Waals surface area contributed by atoms with E-state index in [1.165, 1.54) is 5.56 Å². The monoisotopic (exact) mass is 220 g/mol. The number of ketones is 1. The van der Waals surface area contributed by atoms with Crippen molar-refractivity contribution in [3.05, 3.63) is 29.8 Å². The molecule has 0 aliphatic carbocycles. The summed E-state index contributed by atoms with van der Waals surface area (Å²) in [5.41, 5.74) is 1.21. The summed E-state index contributed by atoms with van der Waals surface area (Å²) in [6.45, 7) is 4.04. The zero-order chi connectivity index (χ0) is 12.0. The summed E-state index contributed by atoms with van der Waals surface area (Å²) >= 11 is 0. The zero-order valence-corrected chi connectivity index (χ0v) is 10.1. The van der Waals surface area contributed by atoms with E-state index in [1.54, 1.807) is 12.1 Å². The molecule has 1 aromatic rings. The lowest BCUT2D eigenvalue weighted by Gasteiger charge is -2.14. The Bertz CT molecular complexity index is 327. The number of rotatable bonds is 6. The molecule has 2 heteroatoms. The molecule has 88 valence electrons. The van der Waals surface area contributed by atoms with Gasteiger partial charge >= 0.3 is 0 Å². The second-order valence-electron chi connectivity index (χ2n) is 4.13. The molecule has 1 atom stereocenters. The van der Waals surface area contributed by atoms with Gasteiger partial charge < -0.3 is 5.11 Å². The molecule has 1 rings (SSSR count). The number of Topliss-reactive ketones (excluding diaryl/α,β-unsaturated/α-hetero) is 1. The van der Waals surface area contributed by atoms with Crippen molar-refractivity contribution in [2.75, 3.05) is 0 Å². The van der Waals surface area contributed by atoms with E-state index in [4.69, 9.17) is 0 Å². The molecule has 0 fully saturated rings. The number of phenolic OH excluding ortho intramolecular Hbond substituents is 1. The minimum absolute atomic E-state index is 0.295. The number of benzene rings is 1. The van der Waals surface area contributed by atoms with Crippen LogP contribution in [0.25, 0.3) is 0 Å². The van der Waals surface area contributed by atoms with E-state index < -0.39 is 0 Å². The molecule has 1 N–H and O–H groups in total. The molecule has 1 aromatic carbocycles. The third-order valence-corrected chi connectivity index (χ3v) is 3.02. The van der Waals surface area contributed by atoms with Crippen LogP contribution in [0.2, 0.25) is 0 Å². The van der Waals surface area contributed by atoms with Crippen molar-refractivity contribution in [3.63, 3.8) is 0 Å². The molecule has 0 saturated carbocycles. The highest BCUT2D eigenvalue weighted by molar-refractivity contribution is 5.78. The van der Waals surface area contributed by atoms with Gasteiger partial charge in [-0.2, -0.15) is 0 Å². The van der Waals surface area contributed by atoms with Crippen LogP contribution in [-0.2, 0) is 4.79 Å². The lowest BCUT2D eigenvalue weighted by atomic mass is 9.91. The fourth-order valence-electron chi connectivity index (χ4n) is 1.86. The predicted octanol–water partition coefficient (Wildman–Crippen LogP) is 3.65. The van der Waals surface area contributed by atoms with Crippen LogP contribution >= 0.6 is 0 Å². The molecule has 0 aliphatic heterocycles. The van der Waals surface area contributed by atoms with E-state index in [9.17, 15) is 9.90 Å². The van der Waals surface area contributed by atoms with Crippen molar-refractivity contribution in [3.8, 4) is 5.75 Å². The standard InChI is InChI=1S/C14H20O2/c1-3-11(5-8-13(15)4-2)12-6-9-14(16)10-7-12/h6-7,9-11,16H,3-5,8H2,1-2H3. The first-order valence-electron chi connectivity index (χ1n) is 5.98. The molecular formula is C14H20O2. The summed E-state index contributed by atoms with van der Waals surface area (Å²) in [5, 5.41) is 9.21. The van der Waals surface area contributed by atoms with E-state index in [-0.39, 0.29) is 0 Å². The van der Waals surface area contributed by atoms with Gasteiger partial charge in [0.15, 0.2) is 0 Å². The first-order chi connectivity index (χ1) is 7.67. The smallest absolute Gasteiger partial charge is 0.132 e. The number of hydrogen-bond acceptors (Lipinski definition) is 2. The molecule has 0 aromatic heterocycles. The van der Waals surface area contributed by atoms with Crippen LogP contribution in [0.3, 0.4) is 0 Å². The first kappa shape index (κ1) is 12.8. The van der Waals surface area contributed by atoms with Crippen LogP contribution in [0.1, 0.15) is 51.0 Å². The van der Waals surface area contributed by atoms with E-state index in [2.05, 4.69) is 6.92 Å². The van der Waals surface area contributed by atoms with Crippen LogP contribution in [-0.4, -0.2) is 10.9 Å². The van der Waals surface area contributed by atoms with E-state index in [1.807, 2.05) is 19.1 Å². The zero-order valence-electron chi connectivity index (χ0n) is 10.1. The lowest BCUT2D eigenvalue weighted by molar-refractivity contribution is -0.118. The SMILES string of the molecule is CCC(=O)CCC(CC)c1ccc(O)cc1. The minimum atomic E-state index is 0.295. The van der Waals surface area contributed by atoms with Crippen LogP contribution < -0.4 is 0 Å². The summed E-state index contributed by atoms with van der Waals surface area (Å²) in [6, 6.07) is 7.30. The second-order valence-corrected chi connectivity index (χ2v) is 4.13. The van der Waals surface area contributed by atoms with Crippen LogP contribution in [0.4, 0.5) is 0 Å². The maximum atomic E-state index is 11.3. The van der Waals surface area contributed by atoms with Gasteiger partial charge in [-0.3, -0.25) is 4.79 Å². The maximum absolute atomic E-state index is 11.3. The summed E-state index contributed by atoms with van der Waals surface area (Å²) in [7, 11) is 0. The summed E-state index contributed by atoms with van der Waals surface area (Å²) < 4.78 is 0. The Morgan fingerprint density at radius 2 is 1.88 bits per heavy atom. The van der Waals surface area contributed by atoms with Gasteiger partial charge in [-0.15, -0.1) is 0 Å². The van der Waals surface area contributed by atoms with Crippen molar-refractivity contribution in [2.45, 2.75) is 45.4 Å². The molecule has 0 aliphatic rings. The van der Waals surface area contributed by atoms with Gasteiger partial charge in [-0.25, -0.2) is 0 Å². The Morgan fingerprint density at radius 3 is 2.38 bits per heavy atom. The Labute approximate surface area is 97.3 Å². The topological polar surface area (TPSA) is 37.3 Å².